The molecule has 1 amide bonds. The quantitative estimate of drug-likeness (QED) is 0.375. The second kappa shape index (κ2) is 7.70. The van der Waals surface area contributed by atoms with Crippen LogP contribution in [0.4, 0.5) is 19.0 Å². The maximum atomic E-state index is 13.1. The number of amides is 1. The summed E-state index contributed by atoms with van der Waals surface area (Å²) in [6, 6.07) is 10.4. The van der Waals surface area contributed by atoms with Crippen LogP contribution in [0, 0.1) is 6.92 Å². The van der Waals surface area contributed by atoms with Crippen molar-refractivity contribution in [2.75, 3.05) is 5.32 Å². The van der Waals surface area contributed by atoms with Gasteiger partial charge >= 0.3 is 6.18 Å². The van der Waals surface area contributed by atoms with Crippen LogP contribution in [0.1, 0.15) is 21.7 Å². The summed E-state index contributed by atoms with van der Waals surface area (Å²) in [4.78, 5) is 22.7. The van der Waals surface area contributed by atoms with Gasteiger partial charge in [-0.3, -0.25) is 9.78 Å². The highest BCUT2D eigenvalue weighted by Gasteiger charge is 2.32. The molecule has 1 N–H and O–H groups in total. The van der Waals surface area contributed by atoms with E-state index in [0.717, 1.165) is 34.0 Å². The number of nitrogens with one attached hydrogen (secondary N) is 1. The summed E-state index contributed by atoms with van der Waals surface area (Å²) in [5, 5.41) is 2.80. The van der Waals surface area contributed by atoms with Crippen molar-refractivity contribution in [1.82, 2.24) is 14.5 Å². The lowest BCUT2D eigenvalue weighted by molar-refractivity contribution is -0.137. The molecule has 33 heavy (non-hydrogen) atoms. The molecule has 5 heterocycles. The average molecular weight is 466 g/mol. The van der Waals surface area contributed by atoms with Gasteiger partial charge in [0.25, 0.3) is 5.91 Å². The van der Waals surface area contributed by atoms with Gasteiger partial charge in [0.2, 0.25) is 0 Å². The van der Waals surface area contributed by atoms with Crippen LogP contribution in [0.5, 0.6) is 0 Å². The first-order valence-corrected chi connectivity index (χ1v) is 10.8. The average Bonchev–Trinajstić information content (AvgIpc) is 3.46. The molecule has 0 atom stereocenters. The number of thiophene rings is 1. The Labute approximate surface area is 191 Å². The molecule has 4 aromatic rings. The van der Waals surface area contributed by atoms with Crippen molar-refractivity contribution in [3.05, 3.63) is 76.7 Å². The largest absolute Gasteiger partial charge is 0.417 e. The van der Waals surface area contributed by atoms with Crippen LogP contribution >= 0.6 is 11.3 Å². The Morgan fingerprint density at radius 2 is 1.85 bits per heavy atom. The summed E-state index contributed by atoms with van der Waals surface area (Å²) in [6.07, 6.45) is 1.81. The molecule has 0 aliphatic carbocycles. The van der Waals surface area contributed by atoms with E-state index in [1.165, 1.54) is 15.9 Å². The number of hydrogen-bond acceptors (Lipinski definition) is 4. The predicted molar refractivity (Wildman–Crippen MR) is 122 cm³/mol. The lowest BCUT2D eigenvalue weighted by Crippen LogP contribution is -2.04. The van der Waals surface area contributed by atoms with Gasteiger partial charge in [-0.15, -0.1) is 11.3 Å². The number of halogens is 3. The predicted octanol–water partition coefficient (Wildman–Crippen LogP) is 6.03. The van der Waals surface area contributed by atoms with E-state index in [4.69, 9.17) is 0 Å². The van der Waals surface area contributed by atoms with Crippen molar-refractivity contribution >= 4 is 34.7 Å². The van der Waals surface area contributed by atoms with Crippen molar-refractivity contribution < 1.29 is 18.0 Å². The van der Waals surface area contributed by atoms with Crippen LogP contribution in [0.25, 0.3) is 33.3 Å². The Morgan fingerprint density at radius 3 is 2.55 bits per heavy atom. The molecule has 0 saturated carbocycles. The second-order valence-corrected chi connectivity index (χ2v) is 8.81. The van der Waals surface area contributed by atoms with Crippen LogP contribution in [0.15, 0.2) is 55.0 Å². The summed E-state index contributed by atoms with van der Waals surface area (Å²) in [7, 11) is 1.58. The lowest BCUT2D eigenvalue weighted by atomic mass is 10.0. The Bertz CT molecular complexity index is 1420. The maximum Gasteiger partial charge on any atom is 0.417 e. The monoisotopic (exact) mass is 466 g/mol. The molecule has 1 aliphatic rings. The number of anilines is 1. The topological polar surface area (TPSA) is 59.8 Å². The van der Waals surface area contributed by atoms with Gasteiger partial charge in [0, 0.05) is 47.3 Å². The number of aryl methyl sites for hydroxylation is 2. The summed E-state index contributed by atoms with van der Waals surface area (Å²) in [5.74, 6) is 0.229. The minimum absolute atomic E-state index is 0.267. The van der Waals surface area contributed by atoms with E-state index in [0.29, 0.717) is 27.5 Å². The maximum absolute atomic E-state index is 13.1. The molecule has 0 radical (unpaired) electrons. The minimum atomic E-state index is -4.40. The van der Waals surface area contributed by atoms with Gasteiger partial charge < -0.3 is 9.88 Å². The third-order valence-electron chi connectivity index (χ3n) is 5.47. The highest BCUT2D eigenvalue weighted by molar-refractivity contribution is 7.16. The third-order valence-corrected chi connectivity index (χ3v) is 6.52. The highest BCUT2D eigenvalue weighted by atomic mass is 32.1. The Balaban J connectivity index is 1.53. The molecule has 0 spiro atoms. The molecule has 5 rings (SSSR count). The van der Waals surface area contributed by atoms with Gasteiger partial charge in [-0.2, -0.15) is 13.2 Å². The van der Waals surface area contributed by atoms with E-state index < -0.39 is 11.7 Å². The fourth-order valence-corrected chi connectivity index (χ4v) is 4.86. The molecule has 166 valence electrons. The first-order valence-electron chi connectivity index (χ1n) is 10.00. The van der Waals surface area contributed by atoms with Crippen LogP contribution < -0.4 is 5.32 Å². The van der Waals surface area contributed by atoms with Crippen LogP contribution in [0.3, 0.4) is 0 Å². The Morgan fingerprint density at radius 1 is 1.09 bits per heavy atom. The van der Waals surface area contributed by atoms with E-state index in [1.54, 1.807) is 37.7 Å². The van der Waals surface area contributed by atoms with E-state index in [1.807, 2.05) is 25.1 Å². The fraction of sp³-hybridized carbons (Fsp3) is 0.125. The van der Waals surface area contributed by atoms with E-state index in [9.17, 15) is 18.0 Å². The van der Waals surface area contributed by atoms with Gasteiger partial charge in [-0.1, -0.05) is 0 Å². The minimum Gasteiger partial charge on any atom is -0.349 e. The molecule has 0 aromatic carbocycles. The number of hydrogen-bond donors (Lipinski definition) is 1. The number of alkyl halides is 3. The zero-order chi connectivity index (χ0) is 23.3. The lowest BCUT2D eigenvalue weighted by Gasteiger charge is -2.08. The number of fused-ring (bicyclic) bond motifs is 1. The standard InChI is InChI=1S/C24H17F3N4OS/c1-13-17(14-5-7-28-8-6-14)11-18-19(23(32)30-22(18)29-13)10-16-3-4-21(33-16)20-9-15(12-31(20)2)24(25,26)27/h3-12H,1-2H3,(H,29,30,32). The fourth-order valence-electron chi connectivity index (χ4n) is 3.84. The molecule has 0 saturated heterocycles. The zero-order valence-corrected chi connectivity index (χ0v) is 18.4. The first-order chi connectivity index (χ1) is 15.7. The first kappa shape index (κ1) is 21.1. The van der Waals surface area contributed by atoms with Crippen molar-refractivity contribution in [2.45, 2.75) is 13.1 Å². The molecule has 4 aromatic heterocycles. The molecule has 0 unspecified atom stereocenters. The van der Waals surface area contributed by atoms with Gasteiger partial charge in [0.1, 0.15) is 5.82 Å². The number of pyridine rings is 2. The Kier molecular flexibility index (Phi) is 4.93. The molecule has 5 nitrogen and oxygen atoms in total. The zero-order valence-electron chi connectivity index (χ0n) is 17.6. The summed E-state index contributed by atoms with van der Waals surface area (Å²) >= 11 is 1.32. The molecule has 0 bridgehead atoms. The van der Waals surface area contributed by atoms with Crippen molar-refractivity contribution in [2.24, 2.45) is 7.05 Å². The van der Waals surface area contributed by atoms with Gasteiger partial charge in [-0.05, 0) is 55.0 Å². The summed E-state index contributed by atoms with van der Waals surface area (Å²) < 4.78 is 40.7. The number of carbonyl (C=O) groups is 1. The Hall–Kier alpha value is -3.72. The van der Waals surface area contributed by atoms with Gasteiger partial charge in [-0.25, -0.2) is 4.98 Å². The number of carbonyl (C=O) groups excluding carboxylic acids is 1. The van der Waals surface area contributed by atoms with E-state index >= 15 is 0 Å². The van der Waals surface area contributed by atoms with Crippen LogP contribution in [0.2, 0.25) is 0 Å². The van der Waals surface area contributed by atoms with Crippen molar-refractivity contribution in [3.63, 3.8) is 0 Å². The van der Waals surface area contributed by atoms with Crippen LogP contribution in [-0.2, 0) is 18.0 Å². The molecular weight excluding hydrogens is 449 g/mol. The molecular formula is C24H17F3N4OS. The molecule has 1 aliphatic heterocycles. The van der Waals surface area contributed by atoms with Crippen LogP contribution in [-0.4, -0.2) is 20.4 Å². The third kappa shape index (κ3) is 3.84. The van der Waals surface area contributed by atoms with E-state index in [-0.39, 0.29) is 5.91 Å². The number of aromatic nitrogens is 3. The summed E-state index contributed by atoms with van der Waals surface area (Å²) in [6.45, 7) is 1.88. The van der Waals surface area contributed by atoms with E-state index in [2.05, 4.69) is 15.3 Å². The highest BCUT2D eigenvalue weighted by Crippen LogP contribution is 2.39. The van der Waals surface area contributed by atoms with Crippen molar-refractivity contribution in [1.29, 1.82) is 0 Å². The smallest absolute Gasteiger partial charge is 0.349 e. The second-order valence-electron chi connectivity index (χ2n) is 7.69. The number of rotatable bonds is 3. The molecule has 0 fully saturated rings. The van der Waals surface area contributed by atoms with Crippen molar-refractivity contribution in [3.8, 4) is 21.7 Å². The SMILES string of the molecule is Cc1nc2c(cc1-c1ccncc1)C(=Cc1ccc(-c3cc(C(F)(F)F)cn3C)s1)C(=O)N2. The number of nitrogens with zero attached hydrogens (tertiary/aromatic N) is 3. The summed E-state index contributed by atoms with van der Waals surface area (Å²) in [5.41, 5.74) is 3.54. The molecule has 9 heteroatoms. The van der Waals surface area contributed by atoms with Gasteiger partial charge in [0.15, 0.2) is 0 Å². The normalized spacial score (nSPS) is 14.6. The van der Waals surface area contributed by atoms with Gasteiger partial charge in [0.05, 0.1) is 21.7 Å².